The summed E-state index contributed by atoms with van der Waals surface area (Å²) in [5, 5.41) is 0. The van der Waals surface area contributed by atoms with E-state index in [4.69, 9.17) is 14.2 Å². The number of ether oxygens (including phenoxy) is 3. The fraction of sp³-hybridized carbons (Fsp3) is 0.780. The van der Waals surface area contributed by atoms with E-state index in [1.54, 1.807) is 0 Å². The quantitative estimate of drug-likeness (QED) is 0.0265. The highest BCUT2D eigenvalue weighted by atomic mass is 16.6. The number of unbranched alkanes of at least 4 members (excludes halogenated alkanes) is 25. The van der Waals surface area contributed by atoms with Crippen LogP contribution in [0.25, 0.3) is 0 Å². The van der Waals surface area contributed by atoms with Crippen LogP contribution in [0, 0.1) is 0 Å². The van der Waals surface area contributed by atoms with E-state index in [9.17, 15) is 14.4 Å². The minimum atomic E-state index is -0.783. The van der Waals surface area contributed by atoms with Crippen LogP contribution in [0.4, 0.5) is 0 Å². The number of carbonyl (C=O) groups excluding carboxylic acids is 3. The van der Waals surface area contributed by atoms with E-state index >= 15 is 0 Å². The molecule has 0 radical (unpaired) electrons. The number of allylic oxidation sites excluding steroid dienone is 8. The molecule has 56 heavy (non-hydrogen) atoms. The average molecular weight is 785 g/mol. The van der Waals surface area contributed by atoms with Crippen molar-refractivity contribution in [3.8, 4) is 0 Å². The van der Waals surface area contributed by atoms with E-state index in [1.807, 2.05) is 0 Å². The molecular weight excluding hydrogens is 697 g/mol. The monoisotopic (exact) mass is 785 g/mol. The van der Waals surface area contributed by atoms with Crippen molar-refractivity contribution in [2.24, 2.45) is 0 Å². The molecule has 0 aromatic carbocycles. The largest absolute Gasteiger partial charge is 0.462 e. The van der Waals surface area contributed by atoms with Crippen molar-refractivity contribution in [3.05, 3.63) is 48.6 Å². The fourth-order valence-electron chi connectivity index (χ4n) is 6.47. The summed E-state index contributed by atoms with van der Waals surface area (Å²) >= 11 is 0. The first-order valence-corrected chi connectivity index (χ1v) is 23.7. The first kappa shape index (κ1) is 53.4. The van der Waals surface area contributed by atoms with Gasteiger partial charge in [0.2, 0.25) is 0 Å². The first-order chi connectivity index (χ1) is 27.5. The van der Waals surface area contributed by atoms with Crippen LogP contribution in [0.1, 0.15) is 233 Å². The normalized spacial score (nSPS) is 12.4. The third kappa shape index (κ3) is 42.5. The minimum absolute atomic E-state index is 0.0863. The minimum Gasteiger partial charge on any atom is -0.462 e. The summed E-state index contributed by atoms with van der Waals surface area (Å²) in [6, 6.07) is 0. The van der Waals surface area contributed by atoms with Crippen LogP contribution in [-0.2, 0) is 28.6 Å². The molecule has 1 unspecified atom stereocenters. The Morgan fingerprint density at radius 3 is 1.05 bits per heavy atom. The predicted octanol–water partition coefficient (Wildman–Crippen LogP) is 15.1. The van der Waals surface area contributed by atoms with Crippen LogP contribution in [0.2, 0.25) is 0 Å². The molecule has 0 N–H and O–H groups in total. The number of rotatable bonds is 42. The van der Waals surface area contributed by atoms with Crippen LogP contribution in [0.3, 0.4) is 0 Å². The summed E-state index contributed by atoms with van der Waals surface area (Å²) in [5.74, 6) is -0.924. The van der Waals surface area contributed by atoms with Gasteiger partial charge in [-0.25, -0.2) is 0 Å². The van der Waals surface area contributed by atoms with Crippen LogP contribution < -0.4 is 0 Å². The second-order valence-electron chi connectivity index (χ2n) is 15.7. The molecule has 0 bridgehead atoms. The number of esters is 3. The van der Waals surface area contributed by atoms with Crippen molar-refractivity contribution >= 4 is 17.9 Å². The Morgan fingerprint density at radius 1 is 0.357 bits per heavy atom. The van der Waals surface area contributed by atoms with E-state index in [1.165, 1.54) is 116 Å². The lowest BCUT2D eigenvalue weighted by molar-refractivity contribution is -0.167. The Kier molecular flexibility index (Phi) is 43.0. The maximum absolute atomic E-state index is 12.7. The van der Waals surface area contributed by atoms with E-state index in [0.29, 0.717) is 19.3 Å². The highest BCUT2D eigenvalue weighted by Gasteiger charge is 2.19. The molecule has 1 atom stereocenters. The van der Waals surface area contributed by atoms with Gasteiger partial charge in [-0.05, 0) is 64.2 Å². The SMILES string of the molecule is CCCC/C=C\C=C/CCCCCC(=O)OCC(COC(=O)CCCCCCCC/C=C\C=C/CCCCC)OC(=O)CCCCCCCCCCCCCC. The number of hydrogen-bond acceptors (Lipinski definition) is 6. The van der Waals surface area contributed by atoms with Crippen molar-refractivity contribution < 1.29 is 28.6 Å². The third-order valence-electron chi connectivity index (χ3n) is 10.1. The van der Waals surface area contributed by atoms with Gasteiger partial charge in [-0.15, -0.1) is 0 Å². The molecular formula is C50H88O6. The average Bonchev–Trinajstić information content (AvgIpc) is 3.19. The molecule has 6 nitrogen and oxygen atoms in total. The van der Waals surface area contributed by atoms with Crippen molar-refractivity contribution in [3.63, 3.8) is 0 Å². The van der Waals surface area contributed by atoms with Gasteiger partial charge in [0.15, 0.2) is 6.10 Å². The van der Waals surface area contributed by atoms with E-state index in [0.717, 1.165) is 77.0 Å². The zero-order chi connectivity index (χ0) is 40.8. The lowest BCUT2D eigenvalue weighted by Crippen LogP contribution is -2.30. The topological polar surface area (TPSA) is 78.9 Å². The molecule has 0 spiro atoms. The molecule has 0 aliphatic carbocycles. The van der Waals surface area contributed by atoms with Gasteiger partial charge in [-0.3, -0.25) is 14.4 Å². The van der Waals surface area contributed by atoms with Gasteiger partial charge in [0, 0.05) is 19.3 Å². The standard InChI is InChI=1S/C50H88O6/c1-4-7-10-13-16-19-22-24-25-26-29-31-34-37-40-43-49(52)55-46-47(45-54-48(51)42-39-36-33-30-27-21-18-15-12-9-6-3)56-50(53)44-41-38-35-32-28-23-20-17-14-11-8-5-2/h15-16,18-19,21-22,24,27,47H,4-14,17,20,23,25-26,28-46H2,1-3H3/b18-15-,19-16-,24-22-,27-21-. The third-order valence-corrected chi connectivity index (χ3v) is 10.1. The van der Waals surface area contributed by atoms with Gasteiger partial charge in [-0.1, -0.05) is 198 Å². The molecule has 0 fully saturated rings. The predicted molar refractivity (Wildman–Crippen MR) is 238 cm³/mol. The Labute approximate surface area is 346 Å². The van der Waals surface area contributed by atoms with Gasteiger partial charge in [0.25, 0.3) is 0 Å². The van der Waals surface area contributed by atoms with Crippen LogP contribution >= 0.6 is 0 Å². The Morgan fingerprint density at radius 2 is 0.643 bits per heavy atom. The maximum atomic E-state index is 12.7. The van der Waals surface area contributed by atoms with Gasteiger partial charge < -0.3 is 14.2 Å². The molecule has 0 aromatic rings. The van der Waals surface area contributed by atoms with E-state index in [2.05, 4.69) is 69.4 Å². The number of hydrogen-bond donors (Lipinski definition) is 0. The molecule has 0 aliphatic rings. The Bertz CT molecular complexity index is 996. The van der Waals surface area contributed by atoms with Gasteiger partial charge in [-0.2, -0.15) is 0 Å². The zero-order valence-corrected chi connectivity index (χ0v) is 36.9. The lowest BCUT2D eigenvalue weighted by atomic mass is 10.0. The number of carbonyl (C=O) groups is 3. The highest BCUT2D eigenvalue weighted by molar-refractivity contribution is 5.71. The first-order valence-electron chi connectivity index (χ1n) is 23.7. The lowest BCUT2D eigenvalue weighted by Gasteiger charge is -2.18. The van der Waals surface area contributed by atoms with Crippen LogP contribution in [0.5, 0.6) is 0 Å². The van der Waals surface area contributed by atoms with Gasteiger partial charge in [0.05, 0.1) is 0 Å². The van der Waals surface area contributed by atoms with E-state index < -0.39 is 6.10 Å². The summed E-state index contributed by atoms with van der Waals surface area (Å²) in [6.07, 6.45) is 52.3. The summed E-state index contributed by atoms with van der Waals surface area (Å²) in [6.45, 7) is 6.51. The summed E-state index contributed by atoms with van der Waals surface area (Å²) in [4.78, 5) is 37.8. The Balaban J connectivity index is 4.41. The second kappa shape index (κ2) is 45.1. The molecule has 0 saturated heterocycles. The Hall–Kier alpha value is -2.63. The van der Waals surface area contributed by atoms with Crippen LogP contribution in [-0.4, -0.2) is 37.2 Å². The second-order valence-corrected chi connectivity index (χ2v) is 15.7. The maximum Gasteiger partial charge on any atom is 0.306 e. The molecule has 0 aromatic heterocycles. The molecule has 0 rings (SSSR count). The van der Waals surface area contributed by atoms with Crippen molar-refractivity contribution in [2.75, 3.05) is 13.2 Å². The molecule has 0 aliphatic heterocycles. The van der Waals surface area contributed by atoms with Gasteiger partial charge in [0.1, 0.15) is 13.2 Å². The van der Waals surface area contributed by atoms with E-state index in [-0.39, 0.29) is 31.1 Å². The van der Waals surface area contributed by atoms with Gasteiger partial charge >= 0.3 is 17.9 Å². The highest BCUT2D eigenvalue weighted by Crippen LogP contribution is 2.14. The molecule has 0 amide bonds. The molecule has 0 heterocycles. The summed E-state index contributed by atoms with van der Waals surface area (Å²) < 4.78 is 16.7. The summed E-state index contributed by atoms with van der Waals surface area (Å²) in [5.41, 5.74) is 0. The zero-order valence-electron chi connectivity index (χ0n) is 36.9. The van der Waals surface area contributed by atoms with Crippen LogP contribution in [0.15, 0.2) is 48.6 Å². The fourth-order valence-corrected chi connectivity index (χ4v) is 6.47. The smallest absolute Gasteiger partial charge is 0.306 e. The van der Waals surface area contributed by atoms with Crippen molar-refractivity contribution in [2.45, 2.75) is 239 Å². The molecule has 324 valence electrons. The van der Waals surface area contributed by atoms with Crippen molar-refractivity contribution in [1.29, 1.82) is 0 Å². The molecule has 0 saturated carbocycles. The van der Waals surface area contributed by atoms with Crippen molar-refractivity contribution in [1.82, 2.24) is 0 Å². The molecule has 6 heteroatoms. The summed E-state index contributed by atoms with van der Waals surface area (Å²) in [7, 11) is 0.